The molecule has 0 spiro atoms. The average Bonchev–Trinajstić information content (AvgIpc) is 2.47. The molecule has 0 bridgehead atoms. The first-order chi connectivity index (χ1) is 5.79. The minimum atomic E-state index is -0.956. The summed E-state index contributed by atoms with van der Waals surface area (Å²) in [5, 5.41) is 9.30. The van der Waals surface area contributed by atoms with Gasteiger partial charge in [-0.3, -0.25) is 0 Å². The number of hydrogen-bond donors (Lipinski definition) is 2. The van der Waals surface area contributed by atoms with Crippen LogP contribution in [0.25, 0.3) is 11.0 Å². The third kappa shape index (κ3) is 0.833. The molecule has 2 rings (SSSR count). The van der Waals surface area contributed by atoms with E-state index in [0.29, 0.717) is 11.0 Å². The fourth-order valence-electron chi connectivity index (χ4n) is 1.08. The molecule has 0 radical (unpaired) electrons. The molecule has 0 saturated heterocycles. The predicted molar refractivity (Wildman–Crippen MR) is 39.6 cm³/mol. The average molecular weight is 164 g/mol. The van der Waals surface area contributed by atoms with Gasteiger partial charge in [-0.25, -0.2) is 9.78 Å². The predicted octanol–water partition coefficient (Wildman–Crippen LogP) is 0.0752. The molecule has 5 nitrogen and oxygen atoms in total. The van der Waals surface area contributed by atoms with Crippen LogP contribution in [0.2, 0.25) is 0 Å². The lowest BCUT2D eigenvalue weighted by Crippen LogP contribution is -2.02. The van der Waals surface area contributed by atoms with Crippen molar-refractivity contribution in [3.05, 3.63) is 24.3 Å². The minimum absolute atomic E-state index is 0.231. The molecule has 0 aromatic carbocycles. The van der Waals surface area contributed by atoms with Crippen molar-refractivity contribution in [2.75, 3.05) is 0 Å². The summed E-state index contributed by atoms with van der Waals surface area (Å²) < 4.78 is 0. The second-order valence-corrected chi connectivity index (χ2v) is 2.34. The van der Waals surface area contributed by atoms with Crippen molar-refractivity contribution in [1.82, 2.24) is 9.97 Å². The van der Waals surface area contributed by atoms with Crippen LogP contribution < -0.4 is 4.98 Å². The van der Waals surface area contributed by atoms with Gasteiger partial charge in [0.05, 0.1) is 10.9 Å². The molecule has 0 unspecified atom stereocenters. The molecular weight excluding hydrogens is 158 g/mol. The molecule has 2 heterocycles. The van der Waals surface area contributed by atoms with Crippen LogP contribution in [0.1, 0.15) is 10.4 Å². The SMILES string of the molecule is O=C(O)c1c[nH]c2nc[nH+]cc12. The molecule has 0 fully saturated rings. The summed E-state index contributed by atoms with van der Waals surface area (Å²) >= 11 is 0. The van der Waals surface area contributed by atoms with Gasteiger partial charge in [-0.05, 0) is 4.98 Å². The smallest absolute Gasteiger partial charge is 0.338 e. The highest BCUT2D eigenvalue weighted by molar-refractivity contribution is 6.01. The molecule has 0 aliphatic carbocycles. The van der Waals surface area contributed by atoms with Gasteiger partial charge in [0.25, 0.3) is 12.0 Å². The van der Waals surface area contributed by atoms with Crippen molar-refractivity contribution in [3.8, 4) is 0 Å². The van der Waals surface area contributed by atoms with E-state index in [4.69, 9.17) is 5.11 Å². The van der Waals surface area contributed by atoms with Crippen molar-refractivity contribution in [1.29, 1.82) is 0 Å². The van der Waals surface area contributed by atoms with Crippen LogP contribution in [0.4, 0.5) is 0 Å². The summed E-state index contributed by atoms with van der Waals surface area (Å²) in [7, 11) is 0. The summed E-state index contributed by atoms with van der Waals surface area (Å²) in [5.41, 5.74) is 0.806. The Labute approximate surface area is 67.1 Å². The summed E-state index contributed by atoms with van der Waals surface area (Å²) in [6.07, 6.45) is 4.51. The van der Waals surface area contributed by atoms with Crippen LogP contribution in [0.5, 0.6) is 0 Å². The Kier molecular flexibility index (Phi) is 1.30. The molecule has 3 N–H and O–H groups in total. The lowest BCUT2D eigenvalue weighted by Gasteiger charge is -1.84. The lowest BCUT2D eigenvalue weighted by molar-refractivity contribution is -0.380. The van der Waals surface area contributed by atoms with Gasteiger partial charge in [0.15, 0.2) is 0 Å². The Morgan fingerprint density at radius 3 is 3.25 bits per heavy atom. The molecule has 0 aliphatic rings. The van der Waals surface area contributed by atoms with Gasteiger partial charge in [-0.2, -0.15) is 0 Å². The normalized spacial score (nSPS) is 10.3. The van der Waals surface area contributed by atoms with Crippen LogP contribution in [-0.2, 0) is 0 Å². The quantitative estimate of drug-likeness (QED) is 0.626. The maximum Gasteiger partial charge on any atom is 0.338 e. The zero-order valence-electron chi connectivity index (χ0n) is 6.03. The van der Waals surface area contributed by atoms with Gasteiger partial charge in [0, 0.05) is 6.20 Å². The Morgan fingerprint density at radius 1 is 1.67 bits per heavy atom. The molecule has 0 atom stereocenters. The Balaban J connectivity index is 2.79. The van der Waals surface area contributed by atoms with E-state index in [9.17, 15) is 4.79 Å². The van der Waals surface area contributed by atoms with Crippen LogP contribution in [0.15, 0.2) is 18.7 Å². The number of hydrogen-bond acceptors (Lipinski definition) is 2. The molecule has 0 aliphatic heterocycles. The topological polar surface area (TPSA) is 80.1 Å². The molecule has 0 amide bonds. The number of carboxylic acids is 1. The second kappa shape index (κ2) is 2.30. The molecule has 2 aromatic heterocycles. The summed E-state index contributed by atoms with van der Waals surface area (Å²) in [5.74, 6) is -0.956. The van der Waals surface area contributed by atoms with Gasteiger partial charge in [0.1, 0.15) is 6.20 Å². The minimum Gasteiger partial charge on any atom is -0.478 e. The summed E-state index contributed by atoms with van der Waals surface area (Å²) in [4.78, 5) is 20.0. The standard InChI is InChI=1S/C7H5N3O2/c11-7(12)5-2-9-6-4(5)1-8-3-10-6/h1-3H,(H,11,12)(H,8,9,10)/p+1. The maximum absolute atomic E-state index is 10.6. The fourth-order valence-corrected chi connectivity index (χ4v) is 1.08. The monoisotopic (exact) mass is 164 g/mol. The zero-order valence-corrected chi connectivity index (χ0v) is 6.03. The van der Waals surface area contributed by atoms with E-state index in [2.05, 4.69) is 15.0 Å². The van der Waals surface area contributed by atoms with Crippen molar-refractivity contribution in [2.24, 2.45) is 0 Å². The molecule has 12 heavy (non-hydrogen) atoms. The molecule has 5 heteroatoms. The Morgan fingerprint density at radius 2 is 2.50 bits per heavy atom. The third-order valence-corrected chi connectivity index (χ3v) is 1.62. The van der Waals surface area contributed by atoms with Gasteiger partial charge in [0.2, 0.25) is 0 Å². The third-order valence-electron chi connectivity index (χ3n) is 1.62. The number of fused-ring (bicyclic) bond motifs is 1. The van der Waals surface area contributed by atoms with Gasteiger partial charge in [-0.15, -0.1) is 0 Å². The highest BCUT2D eigenvalue weighted by Gasteiger charge is 2.13. The van der Waals surface area contributed by atoms with Crippen molar-refractivity contribution < 1.29 is 14.9 Å². The number of nitrogens with zero attached hydrogens (tertiary/aromatic N) is 1. The molecule has 2 aromatic rings. The first-order valence-electron chi connectivity index (χ1n) is 3.35. The molecule has 60 valence electrons. The highest BCUT2D eigenvalue weighted by atomic mass is 16.4. The second-order valence-electron chi connectivity index (χ2n) is 2.34. The molecular formula is C7H6N3O2+. The lowest BCUT2D eigenvalue weighted by atomic mass is 10.2. The van der Waals surface area contributed by atoms with Crippen molar-refractivity contribution in [3.63, 3.8) is 0 Å². The van der Waals surface area contributed by atoms with E-state index < -0.39 is 5.97 Å². The van der Waals surface area contributed by atoms with E-state index in [1.807, 2.05) is 0 Å². The van der Waals surface area contributed by atoms with E-state index in [1.165, 1.54) is 12.5 Å². The first-order valence-corrected chi connectivity index (χ1v) is 3.35. The number of carboxylic acid groups (broad SMARTS) is 1. The number of aromatic carboxylic acids is 1. The number of H-pyrrole nitrogens is 2. The van der Waals surface area contributed by atoms with E-state index in [0.717, 1.165) is 0 Å². The van der Waals surface area contributed by atoms with Gasteiger partial charge < -0.3 is 10.1 Å². The first kappa shape index (κ1) is 6.78. The number of carbonyl (C=O) groups is 1. The fraction of sp³-hybridized carbons (Fsp3) is 0. The zero-order chi connectivity index (χ0) is 8.55. The van der Waals surface area contributed by atoms with E-state index in [1.54, 1.807) is 6.20 Å². The van der Waals surface area contributed by atoms with Gasteiger partial charge >= 0.3 is 5.97 Å². The van der Waals surface area contributed by atoms with E-state index in [-0.39, 0.29) is 5.56 Å². The van der Waals surface area contributed by atoms with Crippen LogP contribution in [-0.4, -0.2) is 21.0 Å². The number of rotatable bonds is 1. The highest BCUT2D eigenvalue weighted by Crippen LogP contribution is 2.12. The maximum atomic E-state index is 10.6. The van der Waals surface area contributed by atoms with Crippen molar-refractivity contribution in [2.45, 2.75) is 0 Å². The summed E-state index contributed by atoms with van der Waals surface area (Å²) in [6.45, 7) is 0. The number of aromatic nitrogens is 3. The largest absolute Gasteiger partial charge is 0.478 e. The Bertz CT molecular complexity index is 435. The van der Waals surface area contributed by atoms with Crippen LogP contribution >= 0.6 is 0 Å². The number of nitrogens with one attached hydrogen (secondary N) is 2. The Hall–Kier alpha value is -1.91. The van der Waals surface area contributed by atoms with Crippen LogP contribution in [0, 0.1) is 0 Å². The van der Waals surface area contributed by atoms with E-state index >= 15 is 0 Å². The van der Waals surface area contributed by atoms with Crippen molar-refractivity contribution >= 4 is 17.0 Å². The number of aromatic amines is 2. The molecule has 0 saturated carbocycles. The van der Waals surface area contributed by atoms with Gasteiger partial charge in [-0.1, -0.05) is 0 Å². The van der Waals surface area contributed by atoms with Crippen LogP contribution in [0.3, 0.4) is 0 Å². The summed E-state index contributed by atoms with van der Waals surface area (Å²) in [6, 6.07) is 0.